The number of carbonyl (C=O) groups excluding carboxylic acids is 4. The molecule has 7 rings (SSSR count). The van der Waals surface area contributed by atoms with Crippen molar-refractivity contribution in [1.82, 2.24) is 0 Å². The van der Waals surface area contributed by atoms with Crippen LogP contribution in [0.4, 0.5) is 0 Å². The Morgan fingerprint density at radius 2 is 0.750 bits per heavy atom. The van der Waals surface area contributed by atoms with Gasteiger partial charge in [0.25, 0.3) is 0 Å². The number of benzene rings is 5. The van der Waals surface area contributed by atoms with Gasteiger partial charge in [0.05, 0.1) is 22.3 Å². The third-order valence-electron chi connectivity index (χ3n) is 9.16. The summed E-state index contributed by atoms with van der Waals surface area (Å²) in [5, 5.41) is 0. The van der Waals surface area contributed by atoms with Gasteiger partial charge in [-0.1, -0.05) is 76.2 Å². The third kappa shape index (κ3) is 5.41. The lowest BCUT2D eigenvalue weighted by atomic mass is 9.73. The van der Waals surface area contributed by atoms with Crippen LogP contribution in [0.1, 0.15) is 91.4 Å². The molecule has 5 aromatic carbocycles. The van der Waals surface area contributed by atoms with Gasteiger partial charge in [0.15, 0.2) is 0 Å². The number of cyclic esters (lactones) is 4. The largest absolute Gasteiger partial charge is 0.457 e. The van der Waals surface area contributed by atoms with Crippen molar-refractivity contribution in [2.75, 3.05) is 0 Å². The molecule has 0 unspecified atom stereocenters. The Morgan fingerprint density at radius 3 is 1.15 bits per heavy atom. The fraction of sp³-hybridized carbons (Fsp3) is 0.150. The molecule has 0 spiro atoms. The SMILES string of the molecule is CC(C)(c1ccc(Oc2ccc3c(c2)C(=O)OC3=O)cc1)c1cccc(C(C)(C)c2ccc(Oc3ccc4c(c3)C(=O)OC4=O)cc2)c1. The summed E-state index contributed by atoms with van der Waals surface area (Å²) in [4.78, 5) is 47.4. The first kappa shape index (κ1) is 30.6. The Hall–Kier alpha value is -6.02. The van der Waals surface area contributed by atoms with Gasteiger partial charge in [-0.15, -0.1) is 0 Å². The number of ether oxygens (including phenoxy) is 4. The smallest absolute Gasteiger partial charge is 0.347 e. The first-order valence-electron chi connectivity index (χ1n) is 15.4. The summed E-state index contributed by atoms with van der Waals surface area (Å²) in [6.45, 7) is 8.72. The molecule has 0 radical (unpaired) electrons. The average Bonchev–Trinajstić information content (AvgIpc) is 3.53. The fourth-order valence-corrected chi connectivity index (χ4v) is 6.04. The van der Waals surface area contributed by atoms with E-state index in [1.54, 1.807) is 12.1 Å². The molecule has 2 aliphatic heterocycles. The number of esters is 4. The Morgan fingerprint density at radius 1 is 0.396 bits per heavy atom. The summed E-state index contributed by atoms with van der Waals surface area (Å²) < 4.78 is 21.3. The van der Waals surface area contributed by atoms with E-state index in [0.29, 0.717) is 23.0 Å². The quantitative estimate of drug-likeness (QED) is 0.123. The van der Waals surface area contributed by atoms with Gasteiger partial charge in [0.2, 0.25) is 0 Å². The number of fused-ring (bicyclic) bond motifs is 2. The van der Waals surface area contributed by atoms with E-state index in [-0.39, 0.29) is 33.1 Å². The Balaban J connectivity index is 1.06. The number of hydrogen-bond donors (Lipinski definition) is 0. The molecule has 0 aliphatic carbocycles. The minimum atomic E-state index is -0.671. The van der Waals surface area contributed by atoms with Crippen molar-refractivity contribution in [2.24, 2.45) is 0 Å². The first-order valence-corrected chi connectivity index (χ1v) is 15.4. The lowest BCUT2D eigenvalue weighted by Gasteiger charge is -2.31. The summed E-state index contributed by atoms with van der Waals surface area (Å²) in [6, 6.07) is 33.6. The Labute approximate surface area is 276 Å². The zero-order chi connectivity index (χ0) is 33.8. The van der Waals surface area contributed by atoms with E-state index < -0.39 is 23.9 Å². The zero-order valence-electron chi connectivity index (χ0n) is 26.7. The van der Waals surface area contributed by atoms with Crippen LogP contribution in [0.25, 0.3) is 0 Å². The molecule has 0 amide bonds. The van der Waals surface area contributed by atoms with E-state index in [9.17, 15) is 19.2 Å². The molecule has 0 saturated carbocycles. The van der Waals surface area contributed by atoms with Gasteiger partial charge in [-0.2, -0.15) is 0 Å². The predicted octanol–water partition coefficient (Wildman–Crippen LogP) is 8.54. The predicted molar refractivity (Wildman–Crippen MR) is 176 cm³/mol. The molecular formula is C40H30O8. The van der Waals surface area contributed by atoms with Crippen LogP contribution in [0.5, 0.6) is 23.0 Å². The van der Waals surface area contributed by atoms with Crippen LogP contribution in [-0.2, 0) is 20.3 Å². The first-order chi connectivity index (χ1) is 22.9. The second-order valence-corrected chi connectivity index (χ2v) is 12.9. The molecular weight excluding hydrogens is 608 g/mol. The van der Waals surface area contributed by atoms with Crippen molar-refractivity contribution in [3.05, 3.63) is 154 Å². The molecule has 8 nitrogen and oxygen atoms in total. The maximum Gasteiger partial charge on any atom is 0.347 e. The number of carbonyl (C=O) groups is 4. The minimum absolute atomic E-state index is 0.200. The van der Waals surface area contributed by atoms with E-state index in [4.69, 9.17) is 9.47 Å². The summed E-state index contributed by atoms with van der Waals surface area (Å²) in [5.41, 5.74) is 4.72. The number of rotatable bonds is 8. The van der Waals surface area contributed by atoms with Crippen molar-refractivity contribution in [2.45, 2.75) is 38.5 Å². The highest BCUT2D eigenvalue weighted by molar-refractivity contribution is 6.15. The van der Waals surface area contributed by atoms with Crippen molar-refractivity contribution in [1.29, 1.82) is 0 Å². The van der Waals surface area contributed by atoms with Gasteiger partial charge in [-0.05, 0) is 82.9 Å². The maximum absolute atomic E-state index is 11.9. The lowest BCUT2D eigenvalue weighted by molar-refractivity contribution is 0.0425. The van der Waals surface area contributed by atoms with Gasteiger partial charge in [0, 0.05) is 10.8 Å². The maximum atomic E-state index is 11.9. The van der Waals surface area contributed by atoms with Crippen LogP contribution in [0, 0.1) is 0 Å². The summed E-state index contributed by atoms with van der Waals surface area (Å²) >= 11 is 0. The molecule has 0 bridgehead atoms. The van der Waals surface area contributed by atoms with Crippen LogP contribution in [-0.4, -0.2) is 23.9 Å². The molecule has 0 fully saturated rings. The van der Waals surface area contributed by atoms with Gasteiger partial charge in [-0.3, -0.25) is 0 Å². The zero-order valence-corrected chi connectivity index (χ0v) is 26.7. The van der Waals surface area contributed by atoms with E-state index in [1.807, 2.05) is 48.5 Å². The van der Waals surface area contributed by atoms with Crippen molar-refractivity contribution >= 4 is 23.9 Å². The van der Waals surface area contributed by atoms with Crippen LogP contribution < -0.4 is 9.47 Å². The van der Waals surface area contributed by atoms with Gasteiger partial charge in [-0.25, -0.2) is 19.2 Å². The minimum Gasteiger partial charge on any atom is -0.457 e. The average molecular weight is 639 g/mol. The monoisotopic (exact) mass is 638 g/mol. The highest BCUT2D eigenvalue weighted by Crippen LogP contribution is 2.39. The Kier molecular flexibility index (Phi) is 7.24. The van der Waals surface area contributed by atoms with E-state index in [1.165, 1.54) is 24.3 Å². The highest BCUT2D eigenvalue weighted by Gasteiger charge is 2.32. The summed E-state index contributed by atoms with van der Waals surface area (Å²) in [7, 11) is 0. The molecule has 238 valence electrons. The van der Waals surface area contributed by atoms with Crippen molar-refractivity contribution in [3.63, 3.8) is 0 Å². The topological polar surface area (TPSA) is 105 Å². The second-order valence-electron chi connectivity index (χ2n) is 12.9. The number of hydrogen-bond acceptors (Lipinski definition) is 8. The molecule has 0 atom stereocenters. The fourth-order valence-electron chi connectivity index (χ4n) is 6.04. The molecule has 2 aliphatic rings. The Bertz CT molecular complexity index is 1990. The van der Waals surface area contributed by atoms with E-state index in [2.05, 4.69) is 61.4 Å². The van der Waals surface area contributed by atoms with Crippen LogP contribution in [0.15, 0.2) is 109 Å². The molecule has 5 aromatic rings. The normalized spacial score (nSPS) is 13.9. The van der Waals surface area contributed by atoms with E-state index >= 15 is 0 Å². The van der Waals surface area contributed by atoms with E-state index in [0.717, 1.165) is 22.3 Å². The van der Waals surface area contributed by atoms with Gasteiger partial charge < -0.3 is 18.9 Å². The van der Waals surface area contributed by atoms with Crippen molar-refractivity contribution < 1.29 is 38.1 Å². The molecule has 2 heterocycles. The molecule has 8 heteroatoms. The lowest BCUT2D eigenvalue weighted by Crippen LogP contribution is -2.22. The standard InChI is InChI=1S/C40H30O8/c1-39(2,23-8-12-27(13-9-23)45-29-16-18-31-33(21-29)37(43)47-35(31)41)25-6-5-7-26(20-25)40(3,4)24-10-14-28(15-11-24)46-30-17-19-32-34(22-30)38(44)48-36(32)42/h5-22H,1-4H3. The van der Waals surface area contributed by atoms with Gasteiger partial charge >= 0.3 is 23.9 Å². The molecule has 48 heavy (non-hydrogen) atoms. The van der Waals surface area contributed by atoms with Crippen LogP contribution in [0.2, 0.25) is 0 Å². The molecule has 0 aromatic heterocycles. The summed E-state index contributed by atoms with van der Waals surface area (Å²) in [5.74, 6) is -0.554. The highest BCUT2D eigenvalue weighted by atomic mass is 16.6. The van der Waals surface area contributed by atoms with Crippen LogP contribution in [0.3, 0.4) is 0 Å². The molecule has 0 saturated heterocycles. The van der Waals surface area contributed by atoms with Crippen LogP contribution >= 0.6 is 0 Å². The second kappa shape index (κ2) is 11.3. The van der Waals surface area contributed by atoms with Gasteiger partial charge in [0.1, 0.15) is 23.0 Å². The molecule has 0 N–H and O–H groups in total. The third-order valence-corrected chi connectivity index (χ3v) is 9.16. The summed E-state index contributed by atoms with van der Waals surface area (Å²) in [6.07, 6.45) is 0. The van der Waals surface area contributed by atoms with Crippen molar-refractivity contribution in [3.8, 4) is 23.0 Å².